The van der Waals surface area contributed by atoms with Crippen molar-refractivity contribution >= 4 is 0 Å². The molecule has 33 heavy (non-hydrogen) atoms. The van der Waals surface area contributed by atoms with Crippen LogP contribution in [0.15, 0.2) is 48.5 Å². The maximum atomic E-state index is 10.4. The zero-order valence-corrected chi connectivity index (χ0v) is 19.5. The Morgan fingerprint density at radius 2 is 1.39 bits per heavy atom. The maximum absolute atomic E-state index is 10.4. The van der Waals surface area contributed by atoms with E-state index < -0.39 is 29.9 Å². The number of rotatable bonds is 10. The van der Waals surface area contributed by atoms with Crippen LogP contribution < -0.4 is 9.47 Å². The van der Waals surface area contributed by atoms with E-state index in [2.05, 4.69) is 0 Å². The molecule has 2 aromatic rings. The first-order chi connectivity index (χ1) is 15.9. The fraction of sp³-hybridized carbons (Fsp3) is 0.520. The van der Waals surface area contributed by atoms with Crippen molar-refractivity contribution in [3.63, 3.8) is 0 Å². The summed E-state index contributed by atoms with van der Waals surface area (Å²) in [6.07, 6.45) is -1.74. The van der Waals surface area contributed by atoms with E-state index in [1.165, 1.54) is 0 Å². The summed E-state index contributed by atoms with van der Waals surface area (Å²) >= 11 is 0. The van der Waals surface area contributed by atoms with Gasteiger partial charge < -0.3 is 38.3 Å². The van der Waals surface area contributed by atoms with Gasteiger partial charge in [0.05, 0.1) is 40.6 Å². The molecule has 2 fully saturated rings. The summed E-state index contributed by atoms with van der Waals surface area (Å²) < 4.78 is 40.8. The minimum atomic E-state index is -1.12. The molecule has 2 aromatic carbocycles. The molecule has 0 saturated carbocycles. The summed E-state index contributed by atoms with van der Waals surface area (Å²) in [7, 11) is 3.25. The SMILES string of the molecule is COc1ccc(COC[C@@]2(CO)O[C@@H]3OC(C)(C)O[C@@H]3[C@@H]2OCc2ccc(OC)cc2)cc1. The van der Waals surface area contributed by atoms with E-state index in [1.807, 2.05) is 62.4 Å². The Bertz CT molecular complexity index is 898. The summed E-state index contributed by atoms with van der Waals surface area (Å²) in [5, 5.41) is 10.4. The van der Waals surface area contributed by atoms with E-state index in [0.717, 1.165) is 22.6 Å². The number of methoxy groups -OCH3 is 2. The smallest absolute Gasteiger partial charge is 0.190 e. The summed E-state index contributed by atoms with van der Waals surface area (Å²) in [5.41, 5.74) is 0.819. The first-order valence-electron chi connectivity index (χ1n) is 11.0. The lowest BCUT2D eigenvalue weighted by atomic mass is 9.96. The average molecular weight is 461 g/mol. The lowest BCUT2D eigenvalue weighted by Crippen LogP contribution is -2.52. The molecule has 2 aliphatic rings. The summed E-state index contributed by atoms with van der Waals surface area (Å²) in [4.78, 5) is 0. The Balaban J connectivity index is 1.45. The largest absolute Gasteiger partial charge is 0.497 e. The summed E-state index contributed by atoms with van der Waals surface area (Å²) in [5.74, 6) is 0.748. The van der Waals surface area contributed by atoms with E-state index >= 15 is 0 Å². The quantitative estimate of drug-likeness (QED) is 0.579. The van der Waals surface area contributed by atoms with Gasteiger partial charge in [-0.05, 0) is 49.2 Å². The summed E-state index contributed by atoms with van der Waals surface area (Å²) in [6.45, 7) is 4.13. The van der Waals surface area contributed by atoms with Crippen LogP contribution in [0.3, 0.4) is 0 Å². The fourth-order valence-corrected chi connectivity index (χ4v) is 4.16. The third-order valence-corrected chi connectivity index (χ3v) is 5.89. The molecule has 0 amide bonds. The van der Waals surface area contributed by atoms with E-state index in [1.54, 1.807) is 14.2 Å². The van der Waals surface area contributed by atoms with Crippen molar-refractivity contribution in [2.75, 3.05) is 27.4 Å². The molecular weight excluding hydrogens is 428 g/mol. The van der Waals surface area contributed by atoms with E-state index in [0.29, 0.717) is 13.2 Å². The maximum Gasteiger partial charge on any atom is 0.190 e. The number of benzene rings is 2. The van der Waals surface area contributed by atoms with Crippen molar-refractivity contribution in [1.82, 2.24) is 0 Å². The Kier molecular flexibility index (Phi) is 7.23. The molecule has 0 aromatic heterocycles. The number of aliphatic hydroxyl groups is 1. The van der Waals surface area contributed by atoms with Gasteiger partial charge in [0.2, 0.25) is 0 Å². The average Bonchev–Trinajstić information content (AvgIpc) is 3.27. The van der Waals surface area contributed by atoms with Gasteiger partial charge in [-0.2, -0.15) is 0 Å². The second-order valence-electron chi connectivity index (χ2n) is 8.73. The van der Waals surface area contributed by atoms with Gasteiger partial charge in [0.1, 0.15) is 29.3 Å². The molecule has 0 spiro atoms. The number of hydrogen-bond acceptors (Lipinski definition) is 8. The van der Waals surface area contributed by atoms with Crippen molar-refractivity contribution in [2.45, 2.75) is 56.9 Å². The zero-order chi connectivity index (χ0) is 23.5. The predicted molar refractivity (Wildman–Crippen MR) is 119 cm³/mol. The van der Waals surface area contributed by atoms with Gasteiger partial charge in [0.15, 0.2) is 12.1 Å². The van der Waals surface area contributed by atoms with Gasteiger partial charge in [0.25, 0.3) is 0 Å². The third-order valence-electron chi connectivity index (χ3n) is 5.89. The zero-order valence-electron chi connectivity index (χ0n) is 19.5. The third kappa shape index (κ3) is 5.32. The first-order valence-corrected chi connectivity index (χ1v) is 11.0. The highest BCUT2D eigenvalue weighted by Gasteiger charge is 2.62. The Labute approximate surface area is 194 Å². The highest BCUT2D eigenvalue weighted by atomic mass is 16.8. The first kappa shape index (κ1) is 23.9. The van der Waals surface area contributed by atoms with Crippen molar-refractivity contribution in [2.24, 2.45) is 0 Å². The Hall–Kier alpha value is -2.20. The molecule has 8 heteroatoms. The minimum absolute atomic E-state index is 0.114. The molecule has 2 heterocycles. The van der Waals surface area contributed by atoms with Gasteiger partial charge in [-0.25, -0.2) is 0 Å². The van der Waals surface area contributed by atoms with Gasteiger partial charge in [0, 0.05) is 0 Å². The molecular formula is C25H32O8. The van der Waals surface area contributed by atoms with Crippen LogP contribution in [-0.2, 0) is 36.9 Å². The van der Waals surface area contributed by atoms with Crippen LogP contribution in [0.25, 0.3) is 0 Å². The van der Waals surface area contributed by atoms with Gasteiger partial charge >= 0.3 is 0 Å². The molecule has 1 N–H and O–H groups in total. The molecule has 0 aliphatic carbocycles. The van der Waals surface area contributed by atoms with Crippen LogP contribution >= 0.6 is 0 Å². The second kappa shape index (κ2) is 9.97. The molecule has 2 saturated heterocycles. The van der Waals surface area contributed by atoms with E-state index in [4.69, 9.17) is 33.2 Å². The second-order valence-corrected chi connectivity index (χ2v) is 8.73. The number of aliphatic hydroxyl groups excluding tert-OH is 1. The van der Waals surface area contributed by atoms with Crippen LogP contribution in [0.4, 0.5) is 0 Å². The lowest BCUT2D eigenvalue weighted by molar-refractivity contribution is -0.261. The highest BCUT2D eigenvalue weighted by Crippen LogP contribution is 2.44. The minimum Gasteiger partial charge on any atom is -0.497 e. The fourth-order valence-electron chi connectivity index (χ4n) is 4.16. The normalized spacial score (nSPS) is 28.0. The molecule has 4 atom stereocenters. The Morgan fingerprint density at radius 1 is 0.818 bits per heavy atom. The monoisotopic (exact) mass is 460 g/mol. The number of hydrogen-bond donors (Lipinski definition) is 1. The highest BCUT2D eigenvalue weighted by molar-refractivity contribution is 5.27. The molecule has 0 unspecified atom stereocenters. The summed E-state index contributed by atoms with van der Waals surface area (Å²) in [6, 6.07) is 15.2. The molecule has 4 rings (SSSR count). The van der Waals surface area contributed by atoms with Crippen LogP contribution in [0.1, 0.15) is 25.0 Å². The van der Waals surface area contributed by atoms with Crippen LogP contribution in [-0.4, -0.2) is 62.4 Å². The number of fused-ring (bicyclic) bond motifs is 1. The Morgan fingerprint density at radius 3 is 1.94 bits per heavy atom. The van der Waals surface area contributed by atoms with Crippen molar-refractivity contribution in [3.05, 3.63) is 59.7 Å². The van der Waals surface area contributed by atoms with Crippen molar-refractivity contribution in [1.29, 1.82) is 0 Å². The molecule has 0 bridgehead atoms. The number of ether oxygens (including phenoxy) is 7. The van der Waals surface area contributed by atoms with E-state index in [-0.39, 0.29) is 13.2 Å². The molecule has 2 aliphatic heterocycles. The van der Waals surface area contributed by atoms with Crippen molar-refractivity contribution < 1.29 is 38.3 Å². The van der Waals surface area contributed by atoms with Gasteiger partial charge in [-0.3, -0.25) is 0 Å². The van der Waals surface area contributed by atoms with Crippen LogP contribution in [0, 0.1) is 0 Å². The molecule has 8 nitrogen and oxygen atoms in total. The molecule has 180 valence electrons. The standard InChI is InChI=1S/C25H32O8/c1-24(2)31-21-22(30-14-18-7-11-20(28-4)12-8-18)25(15-26,33-23(21)32-24)16-29-13-17-5-9-19(27-3)10-6-17/h5-12,21-23,26H,13-16H2,1-4H3/t21-,22+,23+,25-/m1/s1. The molecule has 0 radical (unpaired) electrons. The van der Waals surface area contributed by atoms with Gasteiger partial charge in [-0.15, -0.1) is 0 Å². The predicted octanol–water partition coefficient (Wildman–Crippen LogP) is 3.04. The van der Waals surface area contributed by atoms with Crippen LogP contribution in [0.2, 0.25) is 0 Å². The van der Waals surface area contributed by atoms with Crippen molar-refractivity contribution in [3.8, 4) is 11.5 Å². The van der Waals surface area contributed by atoms with Gasteiger partial charge in [-0.1, -0.05) is 24.3 Å². The lowest BCUT2D eigenvalue weighted by Gasteiger charge is -2.35. The van der Waals surface area contributed by atoms with E-state index in [9.17, 15) is 5.11 Å². The topological polar surface area (TPSA) is 84.8 Å². The van der Waals surface area contributed by atoms with Crippen LogP contribution in [0.5, 0.6) is 11.5 Å².